The molecule has 1 amide bonds. The molecule has 0 aliphatic rings. The Morgan fingerprint density at radius 3 is 2.70 bits per heavy atom. The molecule has 5 heteroatoms. The van der Waals surface area contributed by atoms with E-state index in [0.29, 0.717) is 17.9 Å². The lowest BCUT2D eigenvalue weighted by Gasteiger charge is -2.22. The van der Waals surface area contributed by atoms with Crippen LogP contribution < -0.4 is 10.6 Å². The molecule has 2 N–H and O–H groups in total. The van der Waals surface area contributed by atoms with Gasteiger partial charge in [-0.25, -0.2) is 4.98 Å². The van der Waals surface area contributed by atoms with Crippen molar-refractivity contribution in [3.8, 4) is 0 Å². The van der Waals surface area contributed by atoms with Crippen LogP contribution >= 0.6 is 0 Å². The van der Waals surface area contributed by atoms with Crippen molar-refractivity contribution in [1.82, 2.24) is 9.97 Å². The van der Waals surface area contributed by atoms with Crippen LogP contribution in [0.2, 0.25) is 0 Å². The Bertz CT molecular complexity index is 595. The second-order valence-corrected chi connectivity index (χ2v) is 4.59. The van der Waals surface area contributed by atoms with Gasteiger partial charge >= 0.3 is 0 Å². The van der Waals surface area contributed by atoms with E-state index in [-0.39, 0.29) is 5.91 Å². The Morgan fingerprint density at radius 1 is 1.30 bits per heavy atom. The summed E-state index contributed by atoms with van der Waals surface area (Å²) >= 11 is 0. The van der Waals surface area contributed by atoms with Gasteiger partial charge in [0.1, 0.15) is 5.69 Å². The van der Waals surface area contributed by atoms with E-state index in [1.54, 1.807) is 23.2 Å². The Labute approximate surface area is 118 Å². The molecule has 20 heavy (non-hydrogen) atoms. The second-order valence-electron chi connectivity index (χ2n) is 4.59. The molecular weight excluding hydrogens is 252 g/mol. The van der Waals surface area contributed by atoms with Crippen molar-refractivity contribution >= 4 is 17.3 Å². The van der Waals surface area contributed by atoms with Crippen LogP contribution in [-0.4, -0.2) is 22.4 Å². The average molecular weight is 270 g/mol. The minimum atomic E-state index is -0.162. The second kappa shape index (κ2) is 6.14. The number of amides is 1. The third-order valence-corrected chi connectivity index (χ3v) is 2.87. The van der Waals surface area contributed by atoms with Gasteiger partial charge in [-0.15, -0.1) is 0 Å². The van der Waals surface area contributed by atoms with Crippen molar-refractivity contribution in [3.63, 3.8) is 0 Å². The fourth-order valence-corrected chi connectivity index (χ4v) is 1.91. The number of nitrogens with zero attached hydrogens (tertiary/aromatic N) is 3. The van der Waals surface area contributed by atoms with Crippen LogP contribution in [0.25, 0.3) is 0 Å². The van der Waals surface area contributed by atoms with Crippen LogP contribution in [0.3, 0.4) is 0 Å². The van der Waals surface area contributed by atoms with E-state index in [0.717, 1.165) is 17.8 Å². The van der Waals surface area contributed by atoms with Crippen LogP contribution in [0.4, 0.5) is 11.4 Å². The number of aromatic nitrogens is 2. The summed E-state index contributed by atoms with van der Waals surface area (Å²) in [5.41, 5.74) is 8.32. The zero-order chi connectivity index (χ0) is 14.5. The monoisotopic (exact) mass is 270 g/mol. The van der Waals surface area contributed by atoms with E-state index >= 15 is 0 Å². The smallest absolute Gasteiger partial charge is 0.278 e. The van der Waals surface area contributed by atoms with Gasteiger partial charge in [0.25, 0.3) is 5.91 Å². The molecule has 0 fully saturated rings. The van der Waals surface area contributed by atoms with Gasteiger partial charge in [-0.2, -0.15) is 0 Å². The predicted octanol–water partition coefficient (Wildman–Crippen LogP) is 2.42. The summed E-state index contributed by atoms with van der Waals surface area (Å²) in [6.45, 7) is 4.47. The number of anilines is 2. The van der Waals surface area contributed by atoms with Gasteiger partial charge in [0.05, 0.1) is 11.9 Å². The fourth-order valence-electron chi connectivity index (χ4n) is 1.91. The van der Waals surface area contributed by atoms with E-state index in [2.05, 4.69) is 9.97 Å². The standard InChI is InChI=1S/C15H18N4O/c1-3-7-19(13-6-4-5-12(16)8-13)15(20)14-10-17-11(2)9-18-14/h4-6,8-10H,3,7,16H2,1-2H3. The topological polar surface area (TPSA) is 72.1 Å². The molecule has 0 bridgehead atoms. The SMILES string of the molecule is CCCN(C(=O)c1cnc(C)cn1)c1cccc(N)c1. The van der Waals surface area contributed by atoms with Gasteiger partial charge in [-0.1, -0.05) is 13.0 Å². The molecule has 104 valence electrons. The summed E-state index contributed by atoms with van der Waals surface area (Å²) in [5.74, 6) is -0.162. The van der Waals surface area contributed by atoms with Gasteiger partial charge in [0, 0.05) is 24.1 Å². The molecule has 1 aromatic carbocycles. The van der Waals surface area contributed by atoms with Crippen LogP contribution in [0.5, 0.6) is 0 Å². The molecule has 0 saturated heterocycles. The summed E-state index contributed by atoms with van der Waals surface area (Å²) < 4.78 is 0. The average Bonchev–Trinajstić information content (AvgIpc) is 2.45. The van der Waals surface area contributed by atoms with Crippen LogP contribution in [0.15, 0.2) is 36.7 Å². The fraction of sp³-hybridized carbons (Fsp3) is 0.267. The van der Waals surface area contributed by atoms with Gasteiger partial charge in [-0.05, 0) is 31.5 Å². The first-order valence-electron chi connectivity index (χ1n) is 6.58. The highest BCUT2D eigenvalue weighted by Gasteiger charge is 2.18. The lowest BCUT2D eigenvalue weighted by Crippen LogP contribution is -2.32. The van der Waals surface area contributed by atoms with E-state index in [4.69, 9.17) is 5.73 Å². The van der Waals surface area contributed by atoms with Crippen molar-refractivity contribution in [2.45, 2.75) is 20.3 Å². The van der Waals surface area contributed by atoms with Crippen molar-refractivity contribution in [1.29, 1.82) is 0 Å². The molecule has 0 radical (unpaired) electrons. The highest BCUT2D eigenvalue weighted by Crippen LogP contribution is 2.19. The summed E-state index contributed by atoms with van der Waals surface area (Å²) in [6.07, 6.45) is 3.95. The van der Waals surface area contributed by atoms with Crippen molar-refractivity contribution < 1.29 is 4.79 Å². The number of benzene rings is 1. The van der Waals surface area contributed by atoms with Crippen molar-refractivity contribution in [3.05, 3.63) is 48.0 Å². The van der Waals surface area contributed by atoms with E-state index < -0.39 is 0 Å². The molecule has 0 aliphatic heterocycles. The Hall–Kier alpha value is -2.43. The van der Waals surface area contributed by atoms with E-state index in [9.17, 15) is 4.79 Å². The number of rotatable bonds is 4. The summed E-state index contributed by atoms with van der Waals surface area (Å²) in [7, 11) is 0. The first-order valence-corrected chi connectivity index (χ1v) is 6.58. The number of carbonyl (C=O) groups excluding carboxylic acids is 1. The lowest BCUT2D eigenvalue weighted by molar-refractivity contribution is 0.0981. The van der Waals surface area contributed by atoms with E-state index in [1.165, 1.54) is 6.20 Å². The number of nitrogen functional groups attached to an aromatic ring is 1. The van der Waals surface area contributed by atoms with Crippen LogP contribution in [0.1, 0.15) is 29.5 Å². The summed E-state index contributed by atoms with van der Waals surface area (Å²) in [5, 5.41) is 0. The summed E-state index contributed by atoms with van der Waals surface area (Å²) in [6, 6.07) is 7.28. The number of hydrogen-bond donors (Lipinski definition) is 1. The van der Waals surface area contributed by atoms with Gasteiger partial charge in [0.2, 0.25) is 0 Å². The highest BCUT2D eigenvalue weighted by atomic mass is 16.2. The largest absolute Gasteiger partial charge is 0.399 e. The number of hydrogen-bond acceptors (Lipinski definition) is 4. The molecule has 0 atom stereocenters. The third kappa shape index (κ3) is 3.12. The number of nitrogens with two attached hydrogens (primary N) is 1. The first kappa shape index (κ1) is 14.0. The molecule has 2 rings (SSSR count). The molecule has 5 nitrogen and oxygen atoms in total. The maximum absolute atomic E-state index is 12.5. The Morgan fingerprint density at radius 2 is 2.10 bits per heavy atom. The molecular formula is C15H18N4O. The Kier molecular flexibility index (Phi) is 4.30. The zero-order valence-electron chi connectivity index (χ0n) is 11.7. The molecule has 1 aromatic heterocycles. The maximum atomic E-state index is 12.5. The lowest BCUT2D eigenvalue weighted by atomic mass is 10.2. The molecule has 0 aliphatic carbocycles. The molecule has 0 unspecified atom stereocenters. The number of carbonyl (C=O) groups is 1. The molecule has 2 aromatic rings. The third-order valence-electron chi connectivity index (χ3n) is 2.87. The molecule has 0 spiro atoms. The van der Waals surface area contributed by atoms with E-state index in [1.807, 2.05) is 26.0 Å². The normalized spacial score (nSPS) is 10.3. The summed E-state index contributed by atoms with van der Waals surface area (Å²) in [4.78, 5) is 22.5. The van der Waals surface area contributed by atoms with Crippen LogP contribution in [-0.2, 0) is 0 Å². The number of aryl methyl sites for hydroxylation is 1. The predicted molar refractivity (Wildman–Crippen MR) is 79.6 cm³/mol. The molecule has 0 saturated carbocycles. The van der Waals surface area contributed by atoms with Crippen molar-refractivity contribution in [2.75, 3.05) is 17.2 Å². The highest BCUT2D eigenvalue weighted by molar-refractivity contribution is 6.04. The minimum absolute atomic E-state index is 0.162. The quantitative estimate of drug-likeness (QED) is 0.866. The minimum Gasteiger partial charge on any atom is -0.399 e. The van der Waals surface area contributed by atoms with Gasteiger partial charge in [0.15, 0.2) is 0 Å². The van der Waals surface area contributed by atoms with Crippen LogP contribution in [0, 0.1) is 6.92 Å². The molecule has 1 heterocycles. The maximum Gasteiger partial charge on any atom is 0.278 e. The van der Waals surface area contributed by atoms with Gasteiger partial charge < -0.3 is 10.6 Å². The van der Waals surface area contributed by atoms with Crippen molar-refractivity contribution in [2.24, 2.45) is 0 Å². The van der Waals surface area contributed by atoms with Gasteiger partial charge in [-0.3, -0.25) is 9.78 Å². The Balaban J connectivity index is 2.33. The first-order chi connectivity index (χ1) is 9.61. The zero-order valence-corrected chi connectivity index (χ0v) is 11.7.